The quantitative estimate of drug-likeness (QED) is 0.575. The van der Waals surface area contributed by atoms with Crippen molar-refractivity contribution in [1.82, 2.24) is 9.97 Å². The number of aromatic nitrogens is 2. The molecule has 2 aromatic rings. The number of hydrogen-bond donors (Lipinski definition) is 3. The summed E-state index contributed by atoms with van der Waals surface area (Å²) in [7, 11) is 0. The molecule has 0 aliphatic rings. The summed E-state index contributed by atoms with van der Waals surface area (Å²) in [5, 5.41) is 2.82. The van der Waals surface area contributed by atoms with Crippen LogP contribution in [0.25, 0.3) is 0 Å². The Hall–Kier alpha value is -1.87. The van der Waals surface area contributed by atoms with Crippen molar-refractivity contribution < 1.29 is 13.2 Å². The van der Waals surface area contributed by atoms with Gasteiger partial charge in [-0.05, 0) is 25.1 Å². The molecule has 0 atom stereocenters. The van der Waals surface area contributed by atoms with Crippen molar-refractivity contribution >= 4 is 33.3 Å². The number of anilines is 3. The number of nitrogens with two attached hydrogens (primary N) is 1. The van der Waals surface area contributed by atoms with Gasteiger partial charge in [0.2, 0.25) is 0 Å². The molecule has 1 aromatic carbocycles. The Bertz CT molecular complexity index is 660. The largest absolute Gasteiger partial charge is 0.417 e. The Morgan fingerprint density at radius 1 is 1.19 bits per heavy atom. The number of rotatable bonds is 3. The van der Waals surface area contributed by atoms with Crippen LogP contribution in [0.5, 0.6) is 0 Å². The smallest absolute Gasteiger partial charge is 0.340 e. The van der Waals surface area contributed by atoms with Gasteiger partial charge in [0.15, 0.2) is 0 Å². The number of benzene rings is 1. The van der Waals surface area contributed by atoms with Crippen molar-refractivity contribution in [3.63, 3.8) is 0 Å². The van der Waals surface area contributed by atoms with Gasteiger partial charge >= 0.3 is 6.18 Å². The summed E-state index contributed by atoms with van der Waals surface area (Å²) in [5.74, 6) is 6.05. The summed E-state index contributed by atoms with van der Waals surface area (Å²) in [4.78, 5) is 7.88. The van der Waals surface area contributed by atoms with Gasteiger partial charge in [0.05, 0.1) is 5.56 Å². The van der Waals surface area contributed by atoms with E-state index < -0.39 is 11.7 Å². The molecule has 0 radical (unpaired) electrons. The van der Waals surface area contributed by atoms with E-state index in [1.165, 1.54) is 18.5 Å². The average molecular weight is 362 g/mol. The van der Waals surface area contributed by atoms with Gasteiger partial charge in [-0.1, -0.05) is 15.9 Å². The molecule has 0 aliphatic carbocycles. The molecule has 112 valence electrons. The minimum Gasteiger partial charge on any atom is -0.340 e. The van der Waals surface area contributed by atoms with Crippen LogP contribution < -0.4 is 16.6 Å². The second-order valence-corrected chi connectivity index (χ2v) is 5.01. The molecule has 0 saturated heterocycles. The fraction of sp³-hybridized carbons (Fsp3) is 0.167. The van der Waals surface area contributed by atoms with E-state index in [1.807, 2.05) is 0 Å². The Balaban J connectivity index is 2.37. The number of hydrogen-bond acceptors (Lipinski definition) is 5. The molecule has 1 aromatic heterocycles. The molecule has 0 spiro atoms. The van der Waals surface area contributed by atoms with E-state index in [1.54, 1.807) is 6.92 Å². The minimum absolute atomic E-state index is 0.0238. The van der Waals surface area contributed by atoms with E-state index in [4.69, 9.17) is 5.84 Å². The number of nitrogens with one attached hydrogen (secondary N) is 2. The predicted octanol–water partition coefficient (Wildman–Crippen LogP) is 3.60. The summed E-state index contributed by atoms with van der Waals surface area (Å²) in [5.41, 5.74) is 2.47. The van der Waals surface area contributed by atoms with Gasteiger partial charge in [0.1, 0.15) is 18.0 Å². The summed E-state index contributed by atoms with van der Waals surface area (Å²) in [6.07, 6.45) is -3.19. The van der Waals surface area contributed by atoms with Crippen LogP contribution in [-0.4, -0.2) is 9.97 Å². The summed E-state index contributed by atoms with van der Waals surface area (Å²) in [6, 6.07) is 3.83. The first kappa shape index (κ1) is 15.5. The average Bonchev–Trinajstić information content (AvgIpc) is 2.42. The maximum absolute atomic E-state index is 12.9. The van der Waals surface area contributed by atoms with Crippen molar-refractivity contribution in [2.45, 2.75) is 13.1 Å². The zero-order valence-electron chi connectivity index (χ0n) is 10.8. The molecule has 0 saturated carbocycles. The molecule has 0 aliphatic heterocycles. The molecule has 21 heavy (non-hydrogen) atoms. The first-order chi connectivity index (χ1) is 9.82. The van der Waals surface area contributed by atoms with E-state index in [0.717, 1.165) is 6.07 Å². The first-order valence-corrected chi connectivity index (χ1v) is 6.54. The Kier molecular flexibility index (Phi) is 4.33. The zero-order chi connectivity index (χ0) is 15.6. The lowest BCUT2D eigenvalue weighted by Gasteiger charge is -2.14. The molecule has 1 heterocycles. The second kappa shape index (κ2) is 5.86. The van der Waals surface area contributed by atoms with Crippen LogP contribution in [0.4, 0.5) is 30.5 Å². The van der Waals surface area contributed by atoms with Crippen molar-refractivity contribution in [2.75, 3.05) is 10.7 Å². The van der Waals surface area contributed by atoms with E-state index in [2.05, 4.69) is 36.6 Å². The third kappa shape index (κ3) is 3.42. The third-order valence-electron chi connectivity index (χ3n) is 2.76. The lowest BCUT2D eigenvalue weighted by atomic mass is 10.2. The van der Waals surface area contributed by atoms with Crippen LogP contribution in [0.15, 0.2) is 29.0 Å². The van der Waals surface area contributed by atoms with Crippen molar-refractivity contribution in [3.05, 3.63) is 40.1 Å². The maximum Gasteiger partial charge on any atom is 0.417 e. The zero-order valence-corrected chi connectivity index (χ0v) is 12.4. The number of nitrogen functional groups attached to an aromatic ring is 1. The summed E-state index contributed by atoms with van der Waals surface area (Å²) >= 11 is 2.89. The number of hydrazine groups is 1. The van der Waals surface area contributed by atoms with E-state index >= 15 is 0 Å². The fourth-order valence-electron chi connectivity index (χ4n) is 1.68. The van der Waals surface area contributed by atoms with Crippen molar-refractivity contribution in [3.8, 4) is 0 Å². The molecular formula is C12H11BrF3N5. The number of halogens is 4. The lowest BCUT2D eigenvalue weighted by Crippen LogP contribution is -2.12. The molecule has 0 bridgehead atoms. The minimum atomic E-state index is -4.44. The molecule has 5 nitrogen and oxygen atoms in total. The Labute approximate surface area is 126 Å². The van der Waals surface area contributed by atoms with E-state index in [0.29, 0.717) is 17.2 Å². The van der Waals surface area contributed by atoms with Gasteiger partial charge < -0.3 is 10.7 Å². The number of alkyl halides is 3. The van der Waals surface area contributed by atoms with Crippen LogP contribution in [0.3, 0.4) is 0 Å². The van der Waals surface area contributed by atoms with Crippen LogP contribution in [0, 0.1) is 6.92 Å². The highest BCUT2D eigenvalue weighted by Crippen LogP contribution is 2.37. The first-order valence-electron chi connectivity index (χ1n) is 5.75. The van der Waals surface area contributed by atoms with Crippen LogP contribution >= 0.6 is 15.9 Å². The molecule has 0 fully saturated rings. The molecule has 9 heteroatoms. The summed E-state index contributed by atoms with van der Waals surface area (Å²) < 4.78 is 38.5. The third-order valence-corrected chi connectivity index (χ3v) is 3.45. The van der Waals surface area contributed by atoms with Crippen molar-refractivity contribution in [2.24, 2.45) is 5.84 Å². The standard InChI is InChI=1S/C12H11BrF3N5/c1-6-10(18-5-19-11(6)21-17)20-7-2-3-9(13)8(4-7)12(14,15)16/h2-5H,17H2,1H3,(H2,18,19,20,21). The normalized spacial score (nSPS) is 11.3. The highest BCUT2D eigenvalue weighted by Gasteiger charge is 2.33. The lowest BCUT2D eigenvalue weighted by molar-refractivity contribution is -0.138. The van der Waals surface area contributed by atoms with Gasteiger partial charge in [-0.15, -0.1) is 0 Å². The summed E-state index contributed by atoms with van der Waals surface area (Å²) in [6.45, 7) is 1.70. The van der Waals surface area contributed by atoms with Gasteiger partial charge in [0, 0.05) is 15.7 Å². The SMILES string of the molecule is Cc1c(NN)ncnc1Nc1ccc(Br)c(C(F)(F)F)c1. The van der Waals surface area contributed by atoms with Gasteiger partial charge in [-0.25, -0.2) is 15.8 Å². The maximum atomic E-state index is 12.9. The van der Waals surface area contributed by atoms with Crippen LogP contribution in [-0.2, 0) is 6.18 Å². The highest BCUT2D eigenvalue weighted by molar-refractivity contribution is 9.10. The molecular weight excluding hydrogens is 351 g/mol. The van der Waals surface area contributed by atoms with Gasteiger partial charge in [-0.2, -0.15) is 13.2 Å². The Morgan fingerprint density at radius 3 is 2.48 bits per heavy atom. The second-order valence-electron chi connectivity index (χ2n) is 4.16. The highest BCUT2D eigenvalue weighted by atomic mass is 79.9. The molecule has 0 amide bonds. The van der Waals surface area contributed by atoms with Gasteiger partial charge in [-0.3, -0.25) is 0 Å². The number of nitrogens with zero attached hydrogens (tertiary/aromatic N) is 2. The predicted molar refractivity (Wildman–Crippen MR) is 77.0 cm³/mol. The van der Waals surface area contributed by atoms with E-state index in [-0.39, 0.29) is 10.2 Å². The molecule has 0 unspecified atom stereocenters. The monoisotopic (exact) mass is 361 g/mol. The van der Waals surface area contributed by atoms with E-state index in [9.17, 15) is 13.2 Å². The van der Waals surface area contributed by atoms with Gasteiger partial charge in [0.25, 0.3) is 0 Å². The van der Waals surface area contributed by atoms with Crippen LogP contribution in [0.1, 0.15) is 11.1 Å². The van der Waals surface area contributed by atoms with Crippen LogP contribution in [0.2, 0.25) is 0 Å². The Morgan fingerprint density at radius 2 is 1.86 bits per heavy atom. The molecule has 2 rings (SSSR count). The molecule has 4 N–H and O–H groups in total. The van der Waals surface area contributed by atoms with Crippen molar-refractivity contribution in [1.29, 1.82) is 0 Å². The fourth-order valence-corrected chi connectivity index (χ4v) is 2.15. The topological polar surface area (TPSA) is 75.9 Å².